The van der Waals surface area contributed by atoms with Gasteiger partial charge in [0.25, 0.3) is 0 Å². The first-order valence-corrected chi connectivity index (χ1v) is 33.6. The molecule has 9 fully saturated rings. The van der Waals surface area contributed by atoms with Crippen LogP contribution in [0.5, 0.6) is 0 Å². The molecule has 9 rings (SSSR count). The van der Waals surface area contributed by atoms with Crippen LogP contribution < -0.4 is 0 Å². The van der Waals surface area contributed by atoms with Gasteiger partial charge in [-0.3, -0.25) is 38.4 Å². The van der Waals surface area contributed by atoms with Gasteiger partial charge < -0.3 is 56.8 Å². The van der Waals surface area contributed by atoms with Gasteiger partial charge in [0.2, 0.25) is 23.4 Å². The summed E-state index contributed by atoms with van der Waals surface area (Å²) in [6, 6.07) is 0. The zero-order valence-electron chi connectivity index (χ0n) is 59.8. The molecule has 9 aliphatic rings. The lowest BCUT2D eigenvalue weighted by atomic mass is 9.80. The van der Waals surface area contributed by atoms with Crippen LogP contribution in [0.1, 0.15) is 229 Å². The fourth-order valence-electron chi connectivity index (χ4n) is 12.4. The predicted octanol–water partition coefficient (Wildman–Crippen LogP) is 9.74. The Labute approximate surface area is 554 Å². The number of esters is 12. The minimum Gasteiger partial charge on any atom is -0.465 e. The molecule has 0 radical (unpaired) electrons. The normalized spacial score (nSPS) is 29.5. The smallest absolute Gasteiger partial charge is 0.351 e. The highest BCUT2D eigenvalue weighted by atomic mass is 16.6. The maximum Gasteiger partial charge on any atom is 0.351 e. The van der Waals surface area contributed by atoms with E-state index in [2.05, 4.69) is 18.6 Å². The lowest BCUT2D eigenvalue weighted by Gasteiger charge is -2.30. The van der Waals surface area contributed by atoms with Gasteiger partial charge in [-0.25, -0.2) is 19.2 Å². The Balaban J connectivity index is 0.000000213. The van der Waals surface area contributed by atoms with Crippen molar-refractivity contribution in [1.82, 2.24) is 0 Å². The fraction of sp³-hybridized carbons (Fsp3) is 0.829. The second-order valence-corrected chi connectivity index (χ2v) is 31.5. The Morgan fingerprint density at radius 3 is 1.44 bits per heavy atom. The molecule has 5 aliphatic heterocycles. The number of hydrogen-bond donors (Lipinski definition) is 0. The lowest BCUT2D eigenvalue weighted by Crippen LogP contribution is -2.44. The topological polar surface area (TPSA) is 316 Å². The van der Waals surface area contributed by atoms with Crippen LogP contribution in [0.15, 0.2) is 0 Å². The summed E-state index contributed by atoms with van der Waals surface area (Å²) >= 11 is 0. The number of carbonyl (C=O) groups excluding carboxylic acids is 12. The molecule has 4 saturated carbocycles. The van der Waals surface area contributed by atoms with Crippen molar-refractivity contribution >= 4 is 71.6 Å². The van der Waals surface area contributed by atoms with Gasteiger partial charge in [-0.15, -0.1) is 0 Å². The third kappa shape index (κ3) is 17.8. The quantitative estimate of drug-likeness (QED) is 0.0808. The first-order chi connectivity index (χ1) is 43.1. The highest BCUT2D eigenvalue weighted by Crippen LogP contribution is 2.65. The molecule has 0 N–H and O–H groups in total. The maximum absolute atomic E-state index is 12.3. The molecule has 0 spiro atoms. The summed E-state index contributed by atoms with van der Waals surface area (Å²) in [5.41, 5.74) is -5.87. The average Bonchev–Trinajstić information content (AvgIpc) is 1.54. The van der Waals surface area contributed by atoms with Crippen molar-refractivity contribution in [2.75, 3.05) is 19.8 Å². The van der Waals surface area contributed by atoms with Gasteiger partial charge in [0, 0.05) is 42.9 Å². The van der Waals surface area contributed by atoms with E-state index in [0.29, 0.717) is 50.4 Å². The summed E-state index contributed by atoms with van der Waals surface area (Å²) in [7, 11) is 0. The molecule has 4 aliphatic carbocycles. The van der Waals surface area contributed by atoms with E-state index in [4.69, 9.17) is 52.1 Å². The number of rotatable bonds is 20. The first-order valence-electron chi connectivity index (χ1n) is 33.6. The summed E-state index contributed by atoms with van der Waals surface area (Å²) in [4.78, 5) is 141. The van der Waals surface area contributed by atoms with Crippen molar-refractivity contribution in [3.8, 4) is 0 Å². The summed E-state index contributed by atoms with van der Waals surface area (Å²) in [6.07, 6.45) is 4.51. The molecule has 94 heavy (non-hydrogen) atoms. The van der Waals surface area contributed by atoms with Crippen molar-refractivity contribution < 1.29 is 114 Å². The summed E-state index contributed by atoms with van der Waals surface area (Å²) in [5, 5.41) is 0. The lowest BCUT2D eigenvalue weighted by molar-refractivity contribution is -0.188. The fourth-order valence-corrected chi connectivity index (χ4v) is 12.4. The monoisotopic (exact) mass is 1330 g/mol. The van der Waals surface area contributed by atoms with Crippen LogP contribution in [0.3, 0.4) is 0 Å². The summed E-state index contributed by atoms with van der Waals surface area (Å²) in [5.74, 6) is -3.35. The van der Waals surface area contributed by atoms with Gasteiger partial charge >= 0.3 is 71.6 Å². The van der Waals surface area contributed by atoms with E-state index in [1.165, 1.54) is 13.8 Å². The number of ether oxygens (including phenoxy) is 12. The van der Waals surface area contributed by atoms with Crippen molar-refractivity contribution in [2.24, 2.45) is 68.0 Å². The molecule has 5 saturated heterocycles. The van der Waals surface area contributed by atoms with E-state index in [0.717, 1.165) is 32.1 Å². The van der Waals surface area contributed by atoms with Crippen LogP contribution in [0, 0.1) is 68.0 Å². The van der Waals surface area contributed by atoms with Gasteiger partial charge in [0.1, 0.15) is 36.6 Å². The Kier molecular flexibility index (Phi) is 24.6. The maximum atomic E-state index is 12.3. The van der Waals surface area contributed by atoms with Gasteiger partial charge in [0.15, 0.2) is 0 Å². The summed E-state index contributed by atoms with van der Waals surface area (Å²) in [6.45, 7) is 40.8. The number of cyclic esters (lactones) is 3. The SMILES string of the molecule is CCC(C)(C)C(=O)OC(C)(C)C(=O)OC1CCOC1=O.CCC(C)(C)C(=O)OC1(C)CC(C)(C)OC1=O.CCC(C)(C)C(=O)OC1C2CC3C(=O)OC1C3C2.CCC(C)(C)C(=O)OC1C2OC(=O)C3CC1C(C)(C)C32.CCC(C)(C)C(=O)OCCC(=O)OC1CCOC1=O. The molecule has 0 amide bonds. The molecule has 0 aromatic carbocycles. The number of fused-ring (bicyclic) bond motifs is 2. The Morgan fingerprint density at radius 2 is 0.957 bits per heavy atom. The Bertz CT molecular complexity index is 2860. The Hall–Kier alpha value is -6.36. The molecule has 0 aromatic rings. The standard InChI is InChI=1S/C16H24O4.C14H22O6.C14H20O4.C13H20O6.C13H22O4/c1-6-15(2,3)14(18)20-11-9-7-8-10(16(9,4)5)12(11)19-13(8)17;1-6-13(2,3)11(16)20-14(4,5)12(17)19-9-7-8-18-10(9)15;1-4-14(2,3)13(16)18-10-7-5-8-9(6-7)12(15)17-11(8)10;1-4-13(2,3)12(16)18-8-6-10(14)19-9-5-7-17-11(9)15;1-7-11(2,3)9(14)17-13(6)8-12(4,5)16-10(13)15/h8-12H,6-7H2,1-5H3;9H,6-8H2,1-5H3;7-11H,4-6H2,1-3H3;9H,4-8H2,1-3H3;7-8H2,1-6H3. The zero-order valence-corrected chi connectivity index (χ0v) is 59.8. The molecule has 24 heteroatoms. The van der Waals surface area contributed by atoms with Crippen molar-refractivity contribution in [1.29, 1.82) is 0 Å². The van der Waals surface area contributed by atoms with E-state index >= 15 is 0 Å². The van der Waals surface area contributed by atoms with Gasteiger partial charge in [0.05, 0.1) is 58.5 Å². The predicted molar refractivity (Wildman–Crippen MR) is 334 cm³/mol. The third-order valence-electron chi connectivity index (χ3n) is 21.0. The van der Waals surface area contributed by atoms with Crippen molar-refractivity contribution in [3.63, 3.8) is 0 Å². The minimum absolute atomic E-state index is 0.0167. The number of carbonyl (C=O) groups is 12. The van der Waals surface area contributed by atoms with Gasteiger partial charge in [-0.2, -0.15) is 0 Å². The summed E-state index contributed by atoms with van der Waals surface area (Å²) < 4.78 is 62.5. The van der Waals surface area contributed by atoms with Crippen LogP contribution in [-0.4, -0.2) is 145 Å². The minimum atomic E-state index is -1.44. The third-order valence-corrected chi connectivity index (χ3v) is 21.0. The molecule has 13 unspecified atom stereocenters. The second-order valence-electron chi connectivity index (χ2n) is 31.5. The molecule has 24 nitrogen and oxygen atoms in total. The molecule has 5 heterocycles. The molecular weight excluding hydrogens is 1220 g/mol. The van der Waals surface area contributed by atoms with E-state index < -0.39 is 91.9 Å². The van der Waals surface area contributed by atoms with E-state index in [1.54, 1.807) is 34.6 Å². The first kappa shape index (κ1) is 78.3. The van der Waals surface area contributed by atoms with Gasteiger partial charge in [-0.1, -0.05) is 48.5 Å². The Morgan fingerprint density at radius 1 is 0.500 bits per heavy atom. The zero-order chi connectivity index (χ0) is 71.4. The van der Waals surface area contributed by atoms with Crippen LogP contribution in [0.25, 0.3) is 0 Å². The van der Waals surface area contributed by atoms with E-state index in [1.807, 2.05) is 90.0 Å². The molecule has 0 aromatic heterocycles. The highest BCUT2D eigenvalue weighted by molar-refractivity contribution is 5.88. The largest absolute Gasteiger partial charge is 0.465 e. The van der Waals surface area contributed by atoms with Crippen molar-refractivity contribution in [2.45, 2.75) is 283 Å². The van der Waals surface area contributed by atoms with Gasteiger partial charge in [-0.05, 0) is 161 Å². The molecule has 13 atom stereocenters. The van der Waals surface area contributed by atoms with Crippen molar-refractivity contribution in [3.05, 3.63) is 0 Å². The second kappa shape index (κ2) is 29.6. The van der Waals surface area contributed by atoms with E-state index in [9.17, 15) is 57.5 Å². The number of hydrogen-bond acceptors (Lipinski definition) is 24. The molecule has 4 bridgehead atoms. The average molecular weight is 1330 g/mol. The van der Waals surface area contributed by atoms with Crippen LogP contribution >= 0.6 is 0 Å². The van der Waals surface area contributed by atoms with Crippen LogP contribution in [0.4, 0.5) is 0 Å². The van der Waals surface area contributed by atoms with E-state index in [-0.39, 0.29) is 116 Å². The molecular formula is C70H108O24. The van der Waals surface area contributed by atoms with Crippen LogP contribution in [0.2, 0.25) is 0 Å². The molecule has 532 valence electrons. The highest BCUT2D eigenvalue weighted by Gasteiger charge is 2.72. The van der Waals surface area contributed by atoms with Crippen LogP contribution in [-0.2, 0) is 114 Å².